The number of sulfonamides is 1. The molecule has 2 rings (SSSR count). The van der Waals surface area contributed by atoms with Crippen LogP contribution in [0, 0.1) is 0 Å². The molecule has 0 heterocycles. The molecule has 138 valence electrons. The van der Waals surface area contributed by atoms with Gasteiger partial charge >= 0.3 is 0 Å². The fourth-order valence-corrected chi connectivity index (χ4v) is 3.31. The van der Waals surface area contributed by atoms with E-state index in [9.17, 15) is 18.0 Å². The Hall–Kier alpha value is -2.71. The van der Waals surface area contributed by atoms with Crippen molar-refractivity contribution in [3.05, 3.63) is 53.6 Å². The molecule has 2 aromatic rings. The number of methoxy groups -OCH3 is 1. The Morgan fingerprint density at radius 1 is 1.04 bits per heavy atom. The van der Waals surface area contributed by atoms with Gasteiger partial charge in [0, 0.05) is 30.9 Å². The van der Waals surface area contributed by atoms with Crippen LogP contribution in [0.1, 0.15) is 27.6 Å². The summed E-state index contributed by atoms with van der Waals surface area (Å²) in [5.41, 5.74) is 1.06. The Morgan fingerprint density at radius 2 is 1.73 bits per heavy atom. The van der Waals surface area contributed by atoms with Gasteiger partial charge in [-0.15, -0.1) is 0 Å². The smallest absolute Gasteiger partial charge is 0.255 e. The molecule has 0 aliphatic carbocycles. The molecule has 0 radical (unpaired) electrons. The molecule has 0 aliphatic heterocycles. The second-order valence-corrected chi connectivity index (χ2v) is 7.86. The van der Waals surface area contributed by atoms with E-state index in [1.54, 1.807) is 24.3 Å². The molecule has 0 bridgehead atoms. The average Bonchev–Trinajstić information content (AvgIpc) is 2.61. The second-order valence-electron chi connectivity index (χ2n) is 5.74. The van der Waals surface area contributed by atoms with Crippen molar-refractivity contribution in [3.8, 4) is 5.75 Å². The van der Waals surface area contributed by atoms with Gasteiger partial charge in [0.25, 0.3) is 5.91 Å². The van der Waals surface area contributed by atoms with E-state index < -0.39 is 15.9 Å². The number of hydrogen-bond acceptors (Lipinski definition) is 5. The number of benzene rings is 2. The monoisotopic (exact) mass is 376 g/mol. The lowest BCUT2D eigenvalue weighted by atomic mass is 10.1. The van der Waals surface area contributed by atoms with Gasteiger partial charge in [0.1, 0.15) is 10.6 Å². The summed E-state index contributed by atoms with van der Waals surface area (Å²) in [6.45, 7) is 1.43. The number of rotatable bonds is 6. The van der Waals surface area contributed by atoms with Gasteiger partial charge in [-0.3, -0.25) is 9.59 Å². The minimum Gasteiger partial charge on any atom is -0.495 e. The number of ether oxygens (including phenoxy) is 1. The molecule has 2 aromatic carbocycles. The van der Waals surface area contributed by atoms with Gasteiger partial charge in [0.2, 0.25) is 10.0 Å². The molecule has 0 saturated carbocycles. The van der Waals surface area contributed by atoms with Crippen LogP contribution in [-0.2, 0) is 10.0 Å². The standard InChI is InChI=1S/C18H20N2O5S/c1-12(21)13-6-5-7-15(10-13)19-18(22)14-8-9-16(25-4)17(11-14)26(23,24)20(2)3/h5-11H,1-4H3,(H,19,22). The predicted octanol–water partition coefficient (Wildman–Crippen LogP) is 2.40. The summed E-state index contributed by atoms with van der Waals surface area (Å²) in [4.78, 5) is 23.8. The first kappa shape index (κ1) is 19.6. The maximum Gasteiger partial charge on any atom is 0.255 e. The number of ketones is 1. The summed E-state index contributed by atoms with van der Waals surface area (Å²) in [7, 11) is 0.371. The molecule has 8 heteroatoms. The number of carbonyl (C=O) groups is 2. The van der Waals surface area contributed by atoms with Crippen LogP contribution >= 0.6 is 0 Å². The Kier molecular flexibility index (Phi) is 5.79. The summed E-state index contributed by atoms with van der Waals surface area (Å²) in [6.07, 6.45) is 0. The highest BCUT2D eigenvalue weighted by atomic mass is 32.2. The highest BCUT2D eigenvalue weighted by Gasteiger charge is 2.24. The van der Waals surface area contributed by atoms with Crippen molar-refractivity contribution in [1.82, 2.24) is 4.31 Å². The van der Waals surface area contributed by atoms with E-state index in [2.05, 4.69) is 5.32 Å². The fourth-order valence-electron chi connectivity index (χ4n) is 2.24. The molecule has 7 nitrogen and oxygen atoms in total. The van der Waals surface area contributed by atoms with Gasteiger partial charge in [0.15, 0.2) is 5.78 Å². The molecule has 0 fully saturated rings. The third kappa shape index (κ3) is 4.09. The van der Waals surface area contributed by atoms with Crippen molar-refractivity contribution in [3.63, 3.8) is 0 Å². The quantitative estimate of drug-likeness (QED) is 0.782. The summed E-state index contributed by atoms with van der Waals surface area (Å²) in [5, 5.41) is 2.66. The molecule has 1 N–H and O–H groups in total. The first-order valence-corrected chi connectivity index (χ1v) is 9.13. The normalized spacial score (nSPS) is 11.3. The van der Waals surface area contributed by atoms with Gasteiger partial charge in [-0.05, 0) is 37.3 Å². The van der Waals surface area contributed by atoms with Crippen molar-refractivity contribution >= 4 is 27.4 Å². The van der Waals surface area contributed by atoms with Crippen LogP contribution in [0.25, 0.3) is 0 Å². The van der Waals surface area contributed by atoms with Crippen LogP contribution < -0.4 is 10.1 Å². The third-order valence-corrected chi connectivity index (χ3v) is 5.55. The topological polar surface area (TPSA) is 92.8 Å². The maximum atomic E-state index is 12.5. The van der Waals surface area contributed by atoms with Gasteiger partial charge in [-0.1, -0.05) is 12.1 Å². The van der Waals surface area contributed by atoms with Crippen LogP contribution in [-0.4, -0.2) is 45.6 Å². The van der Waals surface area contributed by atoms with Crippen LogP contribution in [0.4, 0.5) is 5.69 Å². The SMILES string of the molecule is COc1ccc(C(=O)Nc2cccc(C(C)=O)c2)cc1S(=O)(=O)N(C)C. The Bertz CT molecular complexity index is 952. The third-order valence-electron chi connectivity index (χ3n) is 3.71. The zero-order chi connectivity index (χ0) is 19.5. The first-order chi connectivity index (χ1) is 12.2. The van der Waals surface area contributed by atoms with E-state index in [4.69, 9.17) is 4.74 Å². The van der Waals surface area contributed by atoms with Crippen molar-refractivity contribution in [2.24, 2.45) is 0 Å². The Balaban J connectivity index is 2.38. The molecule has 0 spiro atoms. The molecule has 0 unspecified atom stereocenters. The van der Waals surface area contributed by atoms with Crippen molar-refractivity contribution < 1.29 is 22.7 Å². The number of hydrogen-bond donors (Lipinski definition) is 1. The van der Waals surface area contributed by atoms with Crippen LogP contribution in [0.15, 0.2) is 47.4 Å². The molecule has 0 saturated heterocycles. The lowest BCUT2D eigenvalue weighted by Crippen LogP contribution is -2.23. The number of nitrogens with one attached hydrogen (secondary N) is 1. The van der Waals surface area contributed by atoms with E-state index in [0.29, 0.717) is 11.3 Å². The number of amides is 1. The molecule has 1 amide bonds. The maximum absolute atomic E-state index is 12.5. The van der Waals surface area contributed by atoms with E-state index >= 15 is 0 Å². The van der Waals surface area contributed by atoms with Crippen LogP contribution in [0.3, 0.4) is 0 Å². The highest BCUT2D eigenvalue weighted by molar-refractivity contribution is 7.89. The number of anilines is 1. The van der Waals surface area contributed by atoms with Gasteiger partial charge in [0.05, 0.1) is 7.11 Å². The highest BCUT2D eigenvalue weighted by Crippen LogP contribution is 2.27. The Morgan fingerprint density at radius 3 is 2.31 bits per heavy atom. The minimum atomic E-state index is -3.78. The second kappa shape index (κ2) is 7.67. The number of carbonyl (C=O) groups excluding carboxylic acids is 2. The first-order valence-electron chi connectivity index (χ1n) is 7.69. The van der Waals surface area contributed by atoms with E-state index in [1.807, 2.05) is 0 Å². The van der Waals surface area contributed by atoms with Crippen molar-refractivity contribution in [2.75, 3.05) is 26.5 Å². The van der Waals surface area contributed by atoms with Gasteiger partial charge < -0.3 is 10.1 Å². The molecule has 0 aromatic heterocycles. The van der Waals surface area contributed by atoms with Crippen molar-refractivity contribution in [2.45, 2.75) is 11.8 Å². The molecule has 26 heavy (non-hydrogen) atoms. The van der Waals surface area contributed by atoms with Crippen molar-refractivity contribution in [1.29, 1.82) is 0 Å². The lowest BCUT2D eigenvalue weighted by molar-refractivity contribution is 0.101. The van der Waals surface area contributed by atoms with E-state index in [-0.39, 0.29) is 22.0 Å². The zero-order valence-corrected chi connectivity index (χ0v) is 15.8. The average molecular weight is 376 g/mol. The fraction of sp³-hybridized carbons (Fsp3) is 0.222. The number of nitrogens with zero attached hydrogens (tertiary/aromatic N) is 1. The largest absolute Gasteiger partial charge is 0.495 e. The van der Waals surface area contributed by atoms with E-state index in [0.717, 1.165) is 4.31 Å². The molecule has 0 atom stereocenters. The molecular formula is C18H20N2O5S. The minimum absolute atomic E-state index is 0.102. The summed E-state index contributed by atoms with van der Waals surface area (Å²) in [6, 6.07) is 10.7. The lowest BCUT2D eigenvalue weighted by Gasteiger charge is -2.15. The summed E-state index contributed by atoms with van der Waals surface area (Å²) >= 11 is 0. The van der Waals surface area contributed by atoms with Gasteiger partial charge in [-0.2, -0.15) is 0 Å². The molecule has 0 aliphatic rings. The van der Waals surface area contributed by atoms with E-state index in [1.165, 1.54) is 46.3 Å². The Labute approximate surface area is 152 Å². The van der Waals surface area contributed by atoms with Crippen LogP contribution in [0.5, 0.6) is 5.75 Å². The van der Waals surface area contributed by atoms with Crippen LogP contribution in [0.2, 0.25) is 0 Å². The summed E-state index contributed by atoms with van der Waals surface area (Å²) < 4.78 is 31.0. The predicted molar refractivity (Wildman–Crippen MR) is 98.3 cm³/mol. The summed E-state index contributed by atoms with van der Waals surface area (Å²) in [5.74, 6) is -0.470. The number of Topliss-reactive ketones (excluding diaryl/α,β-unsaturated/α-hetero) is 1. The zero-order valence-electron chi connectivity index (χ0n) is 14.9. The van der Waals surface area contributed by atoms with Gasteiger partial charge in [-0.25, -0.2) is 12.7 Å². The molecular weight excluding hydrogens is 356 g/mol.